The summed E-state index contributed by atoms with van der Waals surface area (Å²) in [5.41, 5.74) is 14.8. The Morgan fingerprint density at radius 1 is 0.682 bits per heavy atom. The van der Waals surface area contributed by atoms with Crippen molar-refractivity contribution in [1.29, 1.82) is 0 Å². The third kappa shape index (κ3) is 3.40. The Morgan fingerprint density at radius 2 is 0.955 bits per heavy atom. The minimum atomic E-state index is 0.0708. The molecule has 2 aliphatic carbocycles. The van der Waals surface area contributed by atoms with Gasteiger partial charge >= 0.3 is 0 Å². The largest absolute Gasteiger partial charge is 0.325 e. The van der Waals surface area contributed by atoms with Crippen LogP contribution in [0.1, 0.15) is 49.7 Å². The molecule has 0 amide bonds. The van der Waals surface area contributed by atoms with Crippen molar-refractivity contribution in [3.63, 3.8) is 0 Å². The molecule has 2 fully saturated rings. The van der Waals surface area contributed by atoms with Gasteiger partial charge in [-0.25, -0.2) is 0 Å². The predicted octanol–water partition coefficient (Wildman–Crippen LogP) is 3.78. The molecule has 2 aromatic carbocycles. The van der Waals surface area contributed by atoms with Crippen molar-refractivity contribution in [3.05, 3.63) is 71.8 Å². The van der Waals surface area contributed by atoms with E-state index in [-0.39, 0.29) is 11.1 Å². The molecule has 2 saturated carbocycles. The van der Waals surface area contributed by atoms with E-state index in [1.54, 1.807) is 0 Å². The smallest absolute Gasteiger partial charge is 0.0202 e. The number of nitrogens with two attached hydrogens (primary N) is 2. The van der Waals surface area contributed by atoms with E-state index in [1.807, 2.05) is 12.1 Å². The minimum absolute atomic E-state index is 0.0708. The molecule has 22 heavy (non-hydrogen) atoms. The van der Waals surface area contributed by atoms with Crippen LogP contribution in [0.3, 0.4) is 0 Å². The zero-order valence-corrected chi connectivity index (χ0v) is 13.5. The molecule has 4 atom stereocenters. The van der Waals surface area contributed by atoms with E-state index in [4.69, 9.17) is 11.5 Å². The molecule has 2 aliphatic rings. The van der Waals surface area contributed by atoms with Gasteiger partial charge in [-0.2, -0.15) is 0 Å². The first-order valence-corrected chi connectivity index (χ1v) is 8.08. The van der Waals surface area contributed by atoms with Crippen molar-refractivity contribution in [2.24, 2.45) is 11.5 Å². The summed E-state index contributed by atoms with van der Waals surface area (Å²) in [5.74, 6) is 1.20. The fourth-order valence-corrected chi connectivity index (χ4v) is 3.13. The van der Waals surface area contributed by atoms with Crippen LogP contribution < -0.4 is 11.5 Å². The second-order valence-corrected chi connectivity index (χ2v) is 7.35. The zero-order valence-electron chi connectivity index (χ0n) is 13.5. The third-order valence-electron chi connectivity index (χ3n) is 4.96. The molecule has 0 spiro atoms. The van der Waals surface area contributed by atoms with Crippen molar-refractivity contribution < 1.29 is 0 Å². The van der Waals surface area contributed by atoms with Gasteiger partial charge in [-0.3, -0.25) is 0 Å². The van der Waals surface area contributed by atoms with E-state index in [0.717, 1.165) is 12.8 Å². The molecule has 2 unspecified atom stereocenters. The quantitative estimate of drug-likeness (QED) is 0.885. The van der Waals surface area contributed by atoms with Crippen LogP contribution in [0, 0.1) is 0 Å². The summed E-state index contributed by atoms with van der Waals surface area (Å²) in [6.45, 7) is 4.23. The van der Waals surface area contributed by atoms with Crippen LogP contribution in [-0.2, 0) is 0 Å². The van der Waals surface area contributed by atoms with Gasteiger partial charge in [0.25, 0.3) is 0 Å². The van der Waals surface area contributed by atoms with Gasteiger partial charge in [-0.1, -0.05) is 60.7 Å². The monoisotopic (exact) mass is 294 g/mol. The van der Waals surface area contributed by atoms with Crippen molar-refractivity contribution in [1.82, 2.24) is 0 Å². The lowest BCUT2D eigenvalue weighted by atomic mass is 10.1. The van der Waals surface area contributed by atoms with Crippen LogP contribution in [0.25, 0.3) is 0 Å². The first kappa shape index (κ1) is 15.3. The summed E-state index contributed by atoms with van der Waals surface area (Å²) >= 11 is 0. The molecule has 2 nitrogen and oxygen atoms in total. The summed E-state index contributed by atoms with van der Waals surface area (Å²) in [4.78, 5) is 0. The van der Waals surface area contributed by atoms with Crippen LogP contribution in [0.2, 0.25) is 0 Å². The van der Waals surface area contributed by atoms with Gasteiger partial charge in [-0.05, 0) is 37.8 Å². The first-order valence-electron chi connectivity index (χ1n) is 8.08. The standard InChI is InChI=1S/2C10H13N/c2*1-10(11)7-9(10)8-5-3-2-4-6-8/h2*2-6,9H,7,11H2,1H3/t9-,10+;/m1./s1. The van der Waals surface area contributed by atoms with Crippen LogP contribution in [0.15, 0.2) is 60.7 Å². The van der Waals surface area contributed by atoms with Crippen LogP contribution in [-0.4, -0.2) is 11.1 Å². The maximum Gasteiger partial charge on any atom is 0.0202 e. The molecule has 0 saturated heterocycles. The number of rotatable bonds is 2. The molecule has 116 valence electrons. The minimum Gasteiger partial charge on any atom is -0.325 e. The van der Waals surface area contributed by atoms with Gasteiger partial charge in [0, 0.05) is 22.9 Å². The normalized spacial score (nSPS) is 35.3. The highest BCUT2D eigenvalue weighted by Crippen LogP contribution is 2.49. The van der Waals surface area contributed by atoms with Crippen molar-refractivity contribution in [2.75, 3.05) is 0 Å². The van der Waals surface area contributed by atoms with E-state index < -0.39 is 0 Å². The van der Waals surface area contributed by atoms with Gasteiger partial charge < -0.3 is 11.5 Å². The molecule has 0 heterocycles. The molecule has 0 bridgehead atoms. The highest BCUT2D eigenvalue weighted by Gasteiger charge is 2.47. The summed E-state index contributed by atoms with van der Waals surface area (Å²) in [7, 11) is 0. The second kappa shape index (κ2) is 5.53. The predicted molar refractivity (Wildman–Crippen MR) is 92.8 cm³/mol. The van der Waals surface area contributed by atoms with Gasteiger partial charge in [-0.15, -0.1) is 0 Å². The fourth-order valence-electron chi connectivity index (χ4n) is 3.13. The van der Waals surface area contributed by atoms with E-state index in [2.05, 4.69) is 62.4 Å². The molecule has 4 rings (SSSR count). The molecule has 0 radical (unpaired) electrons. The average Bonchev–Trinajstić information content (AvgIpc) is 3.36. The highest BCUT2D eigenvalue weighted by molar-refractivity contribution is 5.32. The Labute approximate surface area is 133 Å². The van der Waals surface area contributed by atoms with Gasteiger partial charge in [0.05, 0.1) is 0 Å². The van der Waals surface area contributed by atoms with Crippen LogP contribution in [0.4, 0.5) is 0 Å². The molecule has 0 aromatic heterocycles. The first-order chi connectivity index (χ1) is 10.4. The maximum atomic E-state index is 5.94. The zero-order chi connectivity index (χ0) is 15.8. The Balaban J connectivity index is 0.000000131. The average molecular weight is 294 g/mol. The lowest BCUT2D eigenvalue weighted by Crippen LogP contribution is -2.18. The van der Waals surface area contributed by atoms with E-state index in [1.165, 1.54) is 11.1 Å². The number of hydrogen-bond donors (Lipinski definition) is 2. The summed E-state index contributed by atoms with van der Waals surface area (Å²) in [6.07, 6.45) is 2.27. The Kier molecular flexibility index (Phi) is 3.84. The fraction of sp³-hybridized carbons (Fsp3) is 0.400. The molecule has 4 N–H and O–H groups in total. The molecular weight excluding hydrogens is 268 g/mol. The number of hydrogen-bond acceptors (Lipinski definition) is 2. The highest BCUT2D eigenvalue weighted by atomic mass is 14.8. The van der Waals surface area contributed by atoms with Gasteiger partial charge in [0.2, 0.25) is 0 Å². The van der Waals surface area contributed by atoms with Gasteiger partial charge in [0.1, 0.15) is 0 Å². The molecule has 2 aromatic rings. The lowest BCUT2D eigenvalue weighted by molar-refractivity contribution is 0.727. The van der Waals surface area contributed by atoms with Crippen molar-refractivity contribution in [2.45, 2.75) is 49.6 Å². The Hall–Kier alpha value is -1.64. The Bertz CT molecular complexity index is 559. The molecular formula is C20H26N2. The molecule has 2 heteroatoms. The topological polar surface area (TPSA) is 52.0 Å². The second-order valence-electron chi connectivity index (χ2n) is 7.35. The maximum absolute atomic E-state index is 5.94. The summed E-state index contributed by atoms with van der Waals surface area (Å²) in [6, 6.07) is 21.0. The van der Waals surface area contributed by atoms with Crippen molar-refractivity contribution in [3.8, 4) is 0 Å². The van der Waals surface area contributed by atoms with E-state index in [9.17, 15) is 0 Å². The van der Waals surface area contributed by atoms with Crippen LogP contribution >= 0.6 is 0 Å². The van der Waals surface area contributed by atoms with E-state index >= 15 is 0 Å². The van der Waals surface area contributed by atoms with Crippen molar-refractivity contribution >= 4 is 0 Å². The summed E-state index contributed by atoms with van der Waals surface area (Å²) < 4.78 is 0. The SMILES string of the molecule is CC1(N)CC1c1ccccc1.C[C@]1(N)C[C@@H]1c1ccccc1. The van der Waals surface area contributed by atoms with Crippen LogP contribution in [0.5, 0.6) is 0 Å². The Morgan fingerprint density at radius 3 is 1.18 bits per heavy atom. The van der Waals surface area contributed by atoms with E-state index in [0.29, 0.717) is 11.8 Å². The van der Waals surface area contributed by atoms with Gasteiger partial charge in [0.15, 0.2) is 0 Å². The summed E-state index contributed by atoms with van der Waals surface area (Å²) in [5, 5.41) is 0. The third-order valence-corrected chi connectivity index (χ3v) is 4.96. The lowest BCUT2D eigenvalue weighted by Gasteiger charge is -2.02. The molecule has 0 aliphatic heterocycles. The number of benzene rings is 2.